The van der Waals surface area contributed by atoms with E-state index in [0.717, 1.165) is 49.8 Å². The van der Waals surface area contributed by atoms with Crippen LogP contribution in [-0.4, -0.2) is 89.2 Å². The summed E-state index contributed by atoms with van der Waals surface area (Å²) >= 11 is 0. The lowest BCUT2D eigenvalue weighted by molar-refractivity contribution is -0.147. The Morgan fingerprint density at radius 3 is 2.45 bits per heavy atom. The van der Waals surface area contributed by atoms with Gasteiger partial charge in [-0.1, -0.05) is 24.3 Å². The maximum atomic E-state index is 14.0. The largest absolute Gasteiger partial charge is 0.370 e. The molecule has 1 aromatic carbocycles. The fourth-order valence-corrected chi connectivity index (χ4v) is 6.92. The number of hydrogen-bond acceptors (Lipinski definition) is 5. The van der Waals surface area contributed by atoms with Crippen molar-refractivity contribution in [3.05, 3.63) is 35.4 Å². The lowest BCUT2D eigenvalue weighted by atomic mass is 9.74. The van der Waals surface area contributed by atoms with Gasteiger partial charge in [-0.2, -0.15) is 0 Å². The monoisotopic (exact) mass is 551 g/mol. The average molecular weight is 552 g/mol. The average Bonchev–Trinajstić information content (AvgIpc) is 3.46. The summed E-state index contributed by atoms with van der Waals surface area (Å²) in [7, 11) is 0. The van der Waals surface area contributed by atoms with Crippen LogP contribution in [0.4, 0.5) is 4.79 Å². The molecule has 3 aliphatic heterocycles. The van der Waals surface area contributed by atoms with Gasteiger partial charge in [0.15, 0.2) is 5.96 Å². The molecule has 1 aliphatic carbocycles. The molecule has 216 valence electrons. The number of urea groups is 1. The minimum Gasteiger partial charge on any atom is -0.370 e. The molecular weight excluding hydrogens is 510 g/mol. The Labute approximate surface area is 235 Å². The van der Waals surface area contributed by atoms with Crippen molar-refractivity contribution in [2.75, 3.05) is 32.7 Å². The van der Waals surface area contributed by atoms with Crippen LogP contribution in [0.3, 0.4) is 0 Å². The Bertz CT molecular complexity index is 1170. The van der Waals surface area contributed by atoms with Crippen molar-refractivity contribution in [2.45, 2.75) is 81.7 Å². The van der Waals surface area contributed by atoms with E-state index >= 15 is 0 Å². The highest BCUT2D eigenvalue weighted by Gasteiger charge is 2.48. The summed E-state index contributed by atoms with van der Waals surface area (Å²) in [6, 6.07) is 6.00. The van der Waals surface area contributed by atoms with Gasteiger partial charge >= 0.3 is 6.03 Å². The Morgan fingerprint density at radius 1 is 1.00 bits per heavy atom. The van der Waals surface area contributed by atoms with Gasteiger partial charge in [0.05, 0.1) is 6.42 Å². The molecule has 1 spiro atoms. The Kier molecular flexibility index (Phi) is 8.27. The Hall–Kier alpha value is -3.63. The van der Waals surface area contributed by atoms with Gasteiger partial charge in [0, 0.05) is 32.7 Å². The number of piperidine rings is 2. The minimum absolute atomic E-state index is 0.0327. The number of benzene rings is 1. The third kappa shape index (κ3) is 5.64. The summed E-state index contributed by atoms with van der Waals surface area (Å²) in [4.78, 5) is 62.3. The quantitative estimate of drug-likeness (QED) is 0.191. The molecule has 11 heteroatoms. The first-order valence-electron chi connectivity index (χ1n) is 14.6. The second-order valence-electron chi connectivity index (χ2n) is 11.6. The zero-order valence-electron chi connectivity index (χ0n) is 23.1. The first-order chi connectivity index (χ1) is 19.3. The Balaban J connectivity index is 1.31. The van der Waals surface area contributed by atoms with Crippen LogP contribution in [0.15, 0.2) is 29.3 Å². The molecule has 0 bridgehead atoms. The lowest BCUT2D eigenvalue weighted by Crippen LogP contribution is -2.56. The molecule has 5 N–H and O–H groups in total. The van der Waals surface area contributed by atoms with Crippen LogP contribution < -0.4 is 16.8 Å². The topological polar surface area (TPSA) is 154 Å². The van der Waals surface area contributed by atoms with Crippen molar-refractivity contribution in [1.82, 2.24) is 20.0 Å². The van der Waals surface area contributed by atoms with Gasteiger partial charge in [0.1, 0.15) is 12.1 Å². The predicted molar refractivity (Wildman–Crippen MR) is 150 cm³/mol. The van der Waals surface area contributed by atoms with Crippen LogP contribution in [0, 0.1) is 0 Å². The van der Waals surface area contributed by atoms with E-state index in [1.165, 1.54) is 11.1 Å². The zero-order chi connectivity index (χ0) is 28.3. The van der Waals surface area contributed by atoms with E-state index in [4.69, 9.17) is 11.5 Å². The van der Waals surface area contributed by atoms with Crippen LogP contribution in [0.25, 0.3) is 0 Å². The second-order valence-corrected chi connectivity index (χ2v) is 11.6. The number of aryl methyl sites for hydroxylation is 1. The molecule has 0 aromatic heterocycles. The number of carbonyl (C=O) groups excluding carboxylic acids is 4. The highest BCUT2D eigenvalue weighted by molar-refractivity contribution is 6.08. The lowest BCUT2D eigenvalue weighted by Gasteiger charge is -2.42. The first-order valence-corrected chi connectivity index (χ1v) is 14.6. The van der Waals surface area contributed by atoms with Crippen molar-refractivity contribution < 1.29 is 19.2 Å². The van der Waals surface area contributed by atoms with Crippen molar-refractivity contribution >= 4 is 29.7 Å². The van der Waals surface area contributed by atoms with Crippen LogP contribution in [0.5, 0.6) is 0 Å². The van der Waals surface area contributed by atoms with E-state index in [0.29, 0.717) is 45.6 Å². The minimum atomic E-state index is -1.16. The van der Waals surface area contributed by atoms with Crippen LogP contribution >= 0.6 is 0 Å². The van der Waals surface area contributed by atoms with Crippen molar-refractivity contribution in [1.29, 1.82) is 0 Å². The third-order valence-electron chi connectivity index (χ3n) is 9.16. The molecule has 0 saturated carbocycles. The third-order valence-corrected chi connectivity index (χ3v) is 9.16. The van der Waals surface area contributed by atoms with E-state index in [-0.39, 0.29) is 29.6 Å². The molecular formula is C29H41N7O4. The number of imide groups is 1. The van der Waals surface area contributed by atoms with Crippen LogP contribution in [0.1, 0.15) is 68.9 Å². The van der Waals surface area contributed by atoms with Crippen LogP contribution in [0.2, 0.25) is 0 Å². The highest BCUT2D eigenvalue weighted by Crippen LogP contribution is 2.46. The number of fused-ring (bicyclic) bond motifs is 2. The molecule has 0 unspecified atom stereocenters. The Morgan fingerprint density at radius 2 is 1.73 bits per heavy atom. The number of guanidine groups is 1. The number of nitrogens with zero attached hydrogens (tertiary/aromatic N) is 4. The van der Waals surface area contributed by atoms with Crippen LogP contribution in [-0.2, 0) is 26.2 Å². The summed E-state index contributed by atoms with van der Waals surface area (Å²) < 4.78 is 0. The summed E-state index contributed by atoms with van der Waals surface area (Å²) in [6.07, 6.45) is 7.31. The SMILES string of the molecule is NC(N)=NCCC[C@H]1NC(=O)N([C@H](CC(=O)N2CCCCC2)C(=O)N2CCC3(CCc4ccccc43)CC2)C1=O. The number of nitrogens with two attached hydrogens (primary N) is 2. The molecule has 5 rings (SSSR count). The van der Waals surface area contributed by atoms with E-state index in [2.05, 4.69) is 34.6 Å². The molecule has 11 nitrogen and oxygen atoms in total. The summed E-state index contributed by atoms with van der Waals surface area (Å²) in [5, 5.41) is 2.71. The summed E-state index contributed by atoms with van der Waals surface area (Å²) in [6.45, 7) is 2.68. The number of amides is 5. The van der Waals surface area contributed by atoms with Gasteiger partial charge in [-0.05, 0) is 74.3 Å². The molecule has 40 heavy (non-hydrogen) atoms. The molecule has 2 atom stereocenters. The number of hydrogen-bond donors (Lipinski definition) is 3. The molecule has 5 amide bonds. The van der Waals surface area contributed by atoms with Gasteiger partial charge < -0.3 is 26.6 Å². The van der Waals surface area contributed by atoms with Gasteiger partial charge in [0.25, 0.3) is 5.91 Å². The number of nitrogens with one attached hydrogen (secondary N) is 1. The van der Waals surface area contributed by atoms with E-state index in [9.17, 15) is 19.2 Å². The fraction of sp³-hybridized carbons (Fsp3) is 0.621. The molecule has 3 saturated heterocycles. The maximum Gasteiger partial charge on any atom is 0.325 e. The number of carbonyl (C=O) groups is 4. The molecule has 1 aromatic rings. The maximum absolute atomic E-state index is 14.0. The normalized spacial score (nSPS) is 22.7. The molecule has 4 aliphatic rings. The summed E-state index contributed by atoms with van der Waals surface area (Å²) in [5.74, 6) is -1.02. The van der Waals surface area contributed by atoms with Gasteiger partial charge in [-0.15, -0.1) is 0 Å². The van der Waals surface area contributed by atoms with E-state index < -0.39 is 24.0 Å². The van der Waals surface area contributed by atoms with Crippen molar-refractivity contribution in [2.24, 2.45) is 16.5 Å². The van der Waals surface area contributed by atoms with E-state index in [1.54, 1.807) is 9.80 Å². The smallest absolute Gasteiger partial charge is 0.325 e. The van der Waals surface area contributed by atoms with Crippen molar-refractivity contribution in [3.63, 3.8) is 0 Å². The number of rotatable bonds is 8. The standard InChI is InChI=1S/C29H41N7O4/c30-27(31)32-14-6-9-22-25(38)36(28(40)33-22)23(19-24(37)34-15-4-1-5-16-34)26(39)35-17-12-29(13-18-35)11-10-20-7-2-3-8-21(20)29/h2-3,7-8,22-23H,1,4-6,9-19H2,(H,33,40)(H4,30,31,32)/t22-,23-/m1/s1. The zero-order valence-corrected chi connectivity index (χ0v) is 23.1. The predicted octanol–water partition coefficient (Wildman–Crippen LogP) is 1.24. The number of likely N-dealkylation sites (tertiary alicyclic amines) is 2. The highest BCUT2D eigenvalue weighted by atomic mass is 16.2. The number of aliphatic imine (C=N–C) groups is 1. The molecule has 3 fully saturated rings. The summed E-state index contributed by atoms with van der Waals surface area (Å²) in [5.41, 5.74) is 13.6. The molecule has 0 radical (unpaired) electrons. The van der Waals surface area contributed by atoms with E-state index in [1.807, 2.05) is 0 Å². The fourth-order valence-electron chi connectivity index (χ4n) is 6.92. The van der Waals surface area contributed by atoms with Gasteiger partial charge in [-0.25, -0.2) is 9.69 Å². The molecule has 3 heterocycles. The van der Waals surface area contributed by atoms with Crippen molar-refractivity contribution in [3.8, 4) is 0 Å². The first kappa shape index (κ1) is 27.9. The van der Waals surface area contributed by atoms with Gasteiger partial charge in [0.2, 0.25) is 11.8 Å². The second kappa shape index (κ2) is 11.9. The van der Waals surface area contributed by atoms with Gasteiger partial charge in [-0.3, -0.25) is 19.4 Å².